The number of benzene rings is 2. The summed E-state index contributed by atoms with van der Waals surface area (Å²) in [5.41, 5.74) is 1.89. The second kappa shape index (κ2) is 12.5. The van der Waals surface area contributed by atoms with Gasteiger partial charge in [0.05, 0.1) is 20.1 Å². The molecule has 0 bridgehead atoms. The summed E-state index contributed by atoms with van der Waals surface area (Å²) in [6, 6.07) is 12.7. The quantitative estimate of drug-likeness (QED) is 0.418. The summed E-state index contributed by atoms with van der Waals surface area (Å²) < 4.78 is 11.5. The molecule has 1 atom stereocenters. The van der Waals surface area contributed by atoms with Crippen molar-refractivity contribution in [2.75, 3.05) is 33.9 Å². The van der Waals surface area contributed by atoms with Crippen molar-refractivity contribution in [1.29, 1.82) is 0 Å². The van der Waals surface area contributed by atoms with Gasteiger partial charge in [0.2, 0.25) is 5.91 Å². The van der Waals surface area contributed by atoms with E-state index in [1.807, 2.05) is 30.3 Å². The molecule has 0 radical (unpaired) electrons. The van der Waals surface area contributed by atoms with Crippen LogP contribution in [0.1, 0.15) is 49.3 Å². The highest BCUT2D eigenvalue weighted by molar-refractivity contribution is 6.30. The number of carboxylic acids is 1. The molecule has 38 heavy (non-hydrogen) atoms. The van der Waals surface area contributed by atoms with E-state index in [0.717, 1.165) is 30.4 Å². The summed E-state index contributed by atoms with van der Waals surface area (Å²) in [5.74, 6) is -0.0126. The molecular formula is C28H34ClN3O6. The average molecular weight is 544 g/mol. The lowest BCUT2D eigenvalue weighted by atomic mass is 9.88. The van der Waals surface area contributed by atoms with Gasteiger partial charge in [-0.05, 0) is 48.2 Å². The predicted molar refractivity (Wildman–Crippen MR) is 142 cm³/mol. The van der Waals surface area contributed by atoms with Gasteiger partial charge in [-0.3, -0.25) is 19.4 Å². The van der Waals surface area contributed by atoms with Crippen LogP contribution < -0.4 is 9.47 Å². The average Bonchev–Trinajstić information content (AvgIpc) is 2.86. The van der Waals surface area contributed by atoms with Crippen molar-refractivity contribution in [3.05, 3.63) is 58.6 Å². The van der Waals surface area contributed by atoms with Gasteiger partial charge in [0.15, 0.2) is 11.5 Å². The molecule has 2 aromatic rings. The standard InChI is InChI=1S/C28H34ClN3O6/c1-30-13-12-26(33)31(28(30)36)14-15-38-24-11-6-19(16-25(24)37-2)18-32(22-4-3-5-22)23(17-27(34)35)20-7-9-21(29)10-8-20/h6-11,16,22-23H,3-5,12-15,17-18H2,1-2H3,(H,34,35). The minimum atomic E-state index is -0.854. The Morgan fingerprint density at radius 1 is 1.16 bits per heavy atom. The fourth-order valence-corrected chi connectivity index (χ4v) is 5.03. The van der Waals surface area contributed by atoms with E-state index in [4.69, 9.17) is 21.1 Å². The largest absolute Gasteiger partial charge is 0.493 e. The topological polar surface area (TPSA) is 99.6 Å². The Bertz CT molecular complexity index is 1150. The zero-order valence-corrected chi connectivity index (χ0v) is 22.5. The van der Waals surface area contributed by atoms with E-state index < -0.39 is 5.97 Å². The summed E-state index contributed by atoms with van der Waals surface area (Å²) in [4.78, 5) is 41.2. The first-order valence-corrected chi connectivity index (χ1v) is 13.2. The van der Waals surface area contributed by atoms with Crippen molar-refractivity contribution in [3.8, 4) is 11.5 Å². The number of urea groups is 1. The zero-order chi connectivity index (χ0) is 27.2. The highest BCUT2D eigenvalue weighted by Gasteiger charge is 2.33. The van der Waals surface area contributed by atoms with E-state index in [1.165, 1.54) is 9.80 Å². The van der Waals surface area contributed by atoms with Crippen LogP contribution in [0.5, 0.6) is 11.5 Å². The van der Waals surface area contributed by atoms with Gasteiger partial charge in [-0.1, -0.05) is 36.2 Å². The molecule has 0 spiro atoms. The van der Waals surface area contributed by atoms with Gasteiger partial charge in [0.1, 0.15) is 6.61 Å². The van der Waals surface area contributed by atoms with Gasteiger partial charge in [-0.2, -0.15) is 0 Å². The molecule has 2 aromatic carbocycles. The molecule has 3 amide bonds. The molecule has 1 unspecified atom stereocenters. The Morgan fingerprint density at radius 2 is 1.89 bits per heavy atom. The van der Waals surface area contributed by atoms with Crippen LogP contribution in [-0.4, -0.2) is 77.6 Å². The third-order valence-electron chi connectivity index (χ3n) is 7.25. The first kappa shape index (κ1) is 27.7. The third kappa shape index (κ3) is 6.57. The van der Waals surface area contributed by atoms with E-state index in [2.05, 4.69) is 4.90 Å². The van der Waals surface area contributed by atoms with E-state index in [0.29, 0.717) is 36.0 Å². The lowest BCUT2D eigenvalue weighted by Crippen LogP contribution is -2.51. The molecular weight excluding hydrogens is 510 g/mol. The number of carbonyl (C=O) groups is 3. The normalized spacial score (nSPS) is 16.9. The maximum atomic E-state index is 12.3. The Balaban J connectivity index is 1.48. The van der Waals surface area contributed by atoms with Crippen LogP contribution in [0.3, 0.4) is 0 Å². The molecule has 4 rings (SSSR count). The summed E-state index contributed by atoms with van der Waals surface area (Å²) in [5, 5.41) is 10.3. The number of imide groups is 1. The van der Waals surface area contributed by atoms with E-state index in [1.54, 1.807) is 26.3 Å². The molecule has 0 aromatic heterocycles. The van der Waals surface area contributed by atoms with Crippen LogP contribution in [0.15, 0.2) is 42.5 Å². The fourth-order valence-electron chi connectivity index (χ4n) is 4.90. The predicted octanol–water partition coefficient (Wildman–Crippen LogP) is 4.58. The second-order valence-electron chi connectivity index (χ2n) is 9.76. The molecule has 1 saturated heterocycles. The Kier molecular flexibility index (Phi) is 9.12. The number of carbonyl (C=O) groups excluding carboxylic acids is 2. The smallest absolute Gasteiger partial charge is 0.326 e. The summed E-state index contributed by atoms with van der Waals surface area (Å²) in [7, 11) is 3.23. The van der Waals surface area contributed by atoms with Crippen molar-refractivity contribution in [2.45, 2.75) is 50.7 Å². The van der Waals surface area contributed by atoms with Gasteiger partial charge in [-0.15, -0.1) is 0 Å². The number of halogens is 1. The van der Waals surface area contributed by atoms with Crippen LogP contribution in [0.25, 0.3) is 0 Å². The number of ether oxygens (including phenoxy) is 2. The Morgan fingerprint density at radius 3 is 2.53 bits per heavy atom. The van der Waals surface area contributed by atoms with Crippen molar-refractivity contribution in [2.24, 2.45) is 0 Å². The van der Waals surface area contributed by atoms with Crippen LogP contribution >= 0.6 is 11.6 Å². The molecule has 1 aliphatic carbocycles. The number of hydrogen-bond acceptors (Lipinski definition) is 6. The van der Waals surface area contributed by atoms with E-state index in [-0.39, 0.29) is 43.6 Å². The first-order chi connectivity index (χ1) is 18.3. The molecule has 9 nitrogen and oxygen atoms in total. The SMILES string of the molecule is COc1cc(CN(C2CCC2)C(CC(=O)O)c2ccc(Cl)cc2)ccc1OCCN1C(=O)CCN(C)C1=O. The minimum Gasteiger partial charge on any atom is -0.493 e. The molecule has 1 N–H and O–H groups in total. The zero-order valence-electron chi connectivity index (χ0n) is 21.8. The lowest BCUT2D eigenvalue weighted by Gasteiger charge is -2.42. The Hall–Kier alpha value is -3.30. The van der Waals surface area contributed by atoms with Gasteiger partial charge < -0.3 is 19.5 Å². The van der Waals surface area contributed by atoms with E-state index in [9.17, 15) is 19.5 Å². The highest BCUT2D eigenvalue weighted by Crippen LogP contribution is 2.37. The van der Waals surface area contributed by atoms with Crippen molar-refractivity contribution >= 4 is 29.5 Å². The molecule has 1 aliphatic heterocycles. The van der Waals surface area contributed by atoms with Gasteiger partial charge in [-0.25, -0.2) is 4.79 Å². The molecule has 10 heteroatoms. The highest BCUT2D eigenvalue weighted by atomic mass is 35.5. The van der Waals surface area contributed by atoms with Crippen LogP contribution in [0, 0.1) is 0 Å². The minimum absolute atomic E-state index is 0.0143. The van der Waals surface area contributed by atoms with Crippen molar-refractivity contribution in [3.63, 3.8) is 0 Å². The third-order valence-corrected chi connectivity index (χ3v) is 7.50. The monoisotopic (exact) mass is 543 g/mol. The van der Waals surface area contributed by atoms with Crippen molar-refractivity contribution in [1.82, 2.24) is 14.7 Å². The summed E-state index contributed by atoms with van der Waals surface area (Å²) in [6.07, 6.45) is 3.45. The second-order valence-corrected chi connectivity index (χ2v) is 10.2. The number of amides is 3. The molecule has 1 saturated carbocycles. The van der Waals surface area contributed by atoms with Crippen LogP contribution in [0.2, 0.25) is 5.02 Å². The number of nitrogens with zero attached hydrogens (tertiary/aromatic N) is 3. The van der Waals surface area contributed by atoms with Gasteiger partial charge in [0.25, 0.3) is 0 Å². The maximum absolute atomic E-state index is 12.3. The van der Waals surface area contributed by atoms with E-state index >= 15 is 0 Å². The fraction of sp³-hybridized carbons (Fsp3) is 0.464. The maximum Gasteiger partial charge on any atom is 0.326 e. The number of methoxy groups -OCH3 is 1. The molecule has 204 valence electrons. The van der Waals surface area contributed by atoms with Gasteiger partial charge >= 0.3 is 12.0 Å². The van der Waals surface area contributed by atoms with Crippen molar-refractivity contribution < 1.29 is 29.0 Å². The lowest BCUT2D eigenvalue weighted by molar-refractivity contribution is -0.139. The molecule has 1 heterocycles. The summed E-state index contributed by atoms with van der Waals surface area (Å²) in [6.45, 7) is 1.27. The number of carboxylic acid groups (broad SMARTS) is 1. The Labute approximate surface area is 227 Å². The van der Waals surface area contributed by atoms with Gasteiger partial charge in [0, 0.05) is 43.7 Å². The molecule has 2 fully saturated rings. The number of rotatable bonds is 12. The van der Waals surface area contributed by atoms with Crippen LogP contribution in [-0.2, 0) is 16.1 Å². The number of aliphatic carboxylic acids is 1. The summed E-state index contributed by atoms with van der Waals surface area (Å²) >= 11 is 6.09. The first-order valence-electron chi connectivity index (χ1n) is 12.8. The number of hydrogen-bond donors (Lipinski definition) is 1. The molecule has 2 aliphatic rings. The van der Waals surface area contributed by atoms with Crippen LogP contribution in [0.4, 0.5) is 4.79 Å².